The summed E-state index contributed by atoms with van der Waals surface area (Å²) in [5.74, 6) is 0. The lowest BCUT2D eigenvalue weighted by atomic mass is 9.93. The first-order valence-corrected chi connectivity index (χ1v) is 6.84. The molecule has 16 heavy (non-hydrogen) atoms. The fourth-order valence-corrected chi connectivity index (χ4v) is 2.82. The van der Waals surface area contributed by atoms with Crippen LogP contribution in [0.3, 0.4) is 0 Å². The zero-order chi connectivity index (χ0) is 12.2. The van der Waals surface area contributed by atoms with Crippen LogP contribution in [0.5, 0.6) is 0 Å². The molecule has 0 aromatic carbocycles. The zero-order valence-corrected chi connectivity index (χ0v) is 11.7. The minimum absolute atomic E-state index is 0.00929. The molecular weight excluding hydrogens is 242 g/mol. The van der Waals surface area contributed by atoms with E-state index in [9.17, 15) is 0 Å². The quantitative estimate of drug-likeness (QED) is 0.820. The monoisotopic (exact) mass is 261 g/mol. The minimum Gasteiger partial charge on any atom is -0.396 e. The van der Waals surface area contributed by atoms with Crippen LogP contribution in [0.25, 0.3) is 0 Å². The van der Waals surface area contributed by atoms with Crippen LogP contribution in [-0.2, 0) is 0 Å². The predicted octanol–water partition coefficient (Wildman–Crippen LogP) is 3.60. The molecule has 0 spiro atoms. The Morgan fingerprint density at radius 1 is 1.56 bits per heavy atom. The number of aliphatic hydroxyl groups is 1. The van der Waals surface area contributed by atoms with Crippen molar-refractivity contribution < 1.29 is 5.11 Å². The van der Waals surface area contributed by atoms with Gasteiger partial charge in [-0.15, -0.1) is 11.3 Å². The van der Waals surface area contributed by atoms with E-state index in [1.807, 2.05) is 6.07 Å². The fourth-order valence-electron chi connectivity index (χ4n) is 1.75. The molecule has 4 heteroatoms. The van der Waals surface area contributed by atoms with Crippen LogP contribution in [0.2, 0.25) is 4.34 Å². The number of aliphatic hydroxyl groups excluding tert-OH is 1. The van der Waals surface area contributed by atoms with Crippen LogP contribution in [0.1, 0.15) is 44.5 Å². The van der Waals surface area contributed by atoms with Crippen molar-refractivity contribution in [1.29, 1.82) is 0 Å². The molecule has 0 saturated heterocycles. The van der Waals surface area contributed by atoms with Crippen LogP contribution >= 0.6 is 22.9 Å². The summed E-state index contributed by atoms with van der Waals surface area (Å²) in [5, 5.41) is 12.6. The maximum Gasteiger partial charge on any atom is 0.0931 e. The van der Waals surface area contributed by atoms with Gasteiger partial charge in [0.1, 0.15) is 0 Å². The average Bonchev–Trinajstić information content (AvgIpc) is 2.65. The largest absolute Gasteiger partial charge is 0.396 e. The molecule has 1 aromatic heterocycles. The average molecular weight is 262 g/mol. The number of hydrogen-bond donors (Lipinski definition) is 2. The molecule has 92 valence electrons. The van der Waals surface area contributed by atoms with Crippen molar-refractivity contribution in [2.75, 3.05) is 6.61 Å². The van der Waals surface area contributed by atoms with Crippen LogP contribution < -0.4 is 5.32 Å². The molecule has 0 bridgehead atoms. The summed E-state index contributed by atoms with van der Waals surface area (Å²) in [5.41, 5.74) is -0.00929. The molecule has 2 atom stereocenters. The Labute approximate surface area is 107 Å². The fraction of sp³-hybridized carbons (Fsp3) is 0.667. The number of thiophene rings is 1. The van der Waals surface area contributed by atoms with Gasteiger partial charge in [0, 0.05) is 23.1 Å². The number of hydrogen-bond acceptors (Lipinski definition) is 3. The molecule has 0 aliphatic carbocycles. The third kappa shape index (κ3) is 3.74. The summed E-state index contributed by atoms with van der Waals surface area (Å²) in [6, 6.07) is 4.25. The van der Waals surface area contributed by atoms with Crippen LogP contribution in [0.4, 0.5) is 0 Å². The van der Waals surface area contributed by atoms with Crippen LogP contribution in [-0.4, -0.2) is 17.3 Å². The molecule has 2 unspecified atom stereocenters. The maximum atomic E-state index is 9.06. The summed E-state index contributed by atoms with van der Waals surface area (Å²) < 4.78 is 0.823. The Morgan fingerprint density at radius 2 is 2.25 bits per heavy atom. The van der Waals surface area contributed by atoms with Gasteiger partial charge >= 0.3 is 0 Å². The lowest BCUT2D eigenvalue weighted by Gasteiger charge is -2.32. The van der Waals surface area contributed by atoms with Crippen molar-refractivity contribution in [2.45, 2.75) is 45.2 Å². The molecule has 0 amide bonds. The molecule has 0 fully saturated rings. The number of halogens is 1. The van der Waals surface area contributed by atoms with Crippen molar-refractivity contribution in [2.24, 2.45) is 0 Å². The van der Waals surface area contributed by atoms with Gasteiger partial charge in [0.2, 0.25) is 0 Å². The Morgan fingerprint density at radius 3 is 2.69 bits per heavy atom. The molecule has 2 nitrogen and oxygen atoms in total. The second kappa shape index (κ2) is 6.01. The number of rotatable bonds is 6. The molecule has 0 aliphatic rings. The van der Waals surface area contributed by atoms with E-state index in [2.05, 4.69) is 32.2 Å². The lowest BCUT2D eigenvalue weighted by Crippen LogP contribution is -2.43. The molecule has 0 saturated carbocycles. The van der Waals surface area contributed by atoms with Crippen molar-refractivity contribution in [1.82, 2.24) is 5.32 Å². The van der Waals surface area contributed by atoms with Crippen molar-refractivity contribution >= 4 is 22.9 Å². The van der Waals surface area contributed by atoms with Gasteiger partial charge in [0.05, 0.1) is 4.34 Å². The predicted molar refractivity (Wildman–Crippen MR) is 71.3 cm³/mol. The first kappa shape index (κ1) is 14.0. The molecule has 0 aliphatic heterocycles. The van der Waals surface area contributed by atoms with Crippen molar-refractivity contribution in [3.8, 4) is 0 Å². The molecule has 1 rings (SSSR count). The van der Waals surface area contributed by atoms with Crippen molar-refractivity contribution in [3.63, 3.8) is 0 Å². The highest BCUT2D eigenvalue weighted by Gasteiger charge is 2.24. The third-order valence-corrected chi connectivity index (χ3v) is 4.44. The second-order valence-corrected chi connectivity index (χ2v) is 6.14. The Bertz CT molecular complexity index is 329. The number of nitrogens with one attached hydrogen (secondary N) is 1. The van der Waals surface area contributed by atoms with E-state index in [1.54, 1.807) is 11.3 Å². The topological polar surface area (TPSA) is 32.3 Å². The summed E-state index contributed by atoms with van der Waals surface area (Å²) >= 11 is 7.53. The highest BCUT2D eigenvalue weighted by Crippen LogP contribution is 2.29. The van der Waals surface area contributed by atoms with Gasteiger partial charge in [0.15, 0.2) is 0 Å². The van der Waals surface area contributed by atoms with E-state index in [0.29, 0.717) is 0 Å². The summed E-state index contributed by atoms with van der Waals surface area (Å²) in [4.78, 5) is 1.24. The Balaban J connectivity index is 2.65. The summed E-state index contributed by atoms with van der Waals surface area (Å²) in [6.45, 7) is 6.63. The molecule has 1 aromatic rings. The summed E-state index contributed by atoms with van der Waals surface area (Å²) in [7, 11) is 0. The molecule has 0 radical (unpaired) electrons. The van der Waals surface area contributed by atoms with Crippen molar-refractivity contribution in [3.05, 3.63) is 21.3 Å². The second-order valence-electron chi connectivity index (χ2n) is 4.40. The highest BCUT2D eigenvalue weighted by molar-refractivity contribution is 7.16. The highest BCUT2D eigenvalue weighted by atomic mass is 35.5. The van der Waals surface area contributed by atoms with E-state index < -0.39 is 0 Å². The first-order valence-electron chi connectivity index (χ1n) is 5.64. The van der Waals surface area contributed by atoms with E-state index >= 15 is 0 Å². The zero-order valence-electron chi connectivity index (χ0n) is 10.1. The first-order chi connectivity index (χ1) is 7.50. The van der Waals surface area contributed by atoms with Gasteiger partial charge in [-0.1, -0.05) is 18.5 Å². The molecule has 1 heterocycles. The lowest BCUT2D eigenvalue weighted by molar-refractivity contribution is 0.205. The van der Waals surface area contributed by atoms with Gasteiger partial charge in [-0.25, -0.2) is 0 Å². The van der Waals surface area contributed by atoms with E-state index in [4.69, 9.17) is 16.7 Å². The van der Waals surface area contributed by atoms with E-state index in [-0.39, 0.29) is 18.2 Å². The van der Waals surface area contributed by atoms with Crippen LogP contribution in [0.15, 0.2) is 12.1 Å². The van der Waals surface area contributed by atoms with Gasteiger partial charge in [-0.2, -0.15) is 0 Å². The van der Waals surface area contributed by atoms with E-state index in [0.717, 1.165) is 17.2 Å². The SMILES string of the molecule is CCC(C)(CCO)NC(C)c1ccc(Cl)s1. The minimum atomic E-state index is -0.00929. The standard InChI is InChI=1S/C12H20ClNOS/c1-4-12(3,7-8-15)14-9(2)10-5-6-11(13)16-10/h5-6,9,14-15H,4,7-8H2,1-3H3. The maximum absolute atomic E-state index is 9.06. The smallest absolute Gasteiger partial charge is 0.0931 e. The Hall–Kier alpha value is -0.0900. The van der Waals surface area contributed by atoms with Crippen LogP contribution in [0, 0.1) is 0 Å². The van der Waals surface area contributed by atoms with Gasteiger partial charge in [0.25, 0.3) is 0 Å². The van der Waals surface area contributed by atoms with Gasteiger partial charge in [-0.3, -0.25) is 0 Å². The third-order valence-electron chi connectivity index (χ3n) is 3.03. The Kier molecular flexibility index (Phi) is 5.25. The molecule has 2 N–H and O–H groups in total. The summed E-state index contributed by atoms with van der Waals surface area (Å²) in [6.07, 6.45) is 1.77. The molecular formula is C12H20ClNOS. The van der Waals surface area contributed by atoms with E-state index in [1.165, 1.54) is 4.88 Å². The normalized spacial score (nSPS) is 17.1. The van der Waals surface area contributed by atoms with Gasteiger partial charge < -0.3 is 10.4 Å². The van der Waals surface area contributed by atoms with Gasteiger partial charge in [-0.05, 0) is 38.8 Å².